The summed E-state index contributed by atoms with van der Waals surface area (Å²) < 4.78 is 10.6. The van der Waals surface area contributed by atoms with Crippen molar-refractivity contribution in [2.75, 3.05) is 19.8 Å². The number of esters is 1. The second kappa shape index (κ2) is 7.63. The Morgan fingerprint density at radius 2 is 2.19 bits per heavy atom. The third kappa shape index (κ3) is 4.49. The molecule has 0 heterocycles. The molecule has 1 aliphatic rings. The summed E-state index contributed by atoms with van der Waals surface area (Å²) in [6, 6.07) is -0.305. The number of ether oxygens (including phenoxy) is 2. The Hall–Kier alpha value is -0.610. The number of carbonyl (C=O) groups excluding carboxylic acids is 1. The fourth-order valence-electron chi connectivity index (χ4n) is 1.54. The summed E-state index contributed by atoms with van der Waals surface area (Å²) >= 11 is 0. The third-order valence-corrected chi connectivity index (χ3v) is 2.76. The first-order chi connectivity index (χ1) is 7.77. The van der Waals surface area contributed by atoms with E-state index in [0.29, 0.717) is 19.3 Å². The highest BCUT2D eigenvalue weighted by molar-refractivity contribution is 5.75. The van der Waals surface area contributed by atoms with Crippen molar-refractivity contribution in [3.8, 4) is 0 Å². The Balaban J connectivity index is 2.26. The lowest BCUT2D eigenvalue weighted by Crippen LogP contribution is -2.43. The van der Waals surface area contributed by atoms with E-state index in [-0.39, 0.29) is 12.0 Å². The molecule has 1 aliphatic carbocycles. The minimum absolute atomic E-state index is 0.199. The van der Waals surface area contributed by atoms with E-state index in [0.717, 1.165) is 25.8 Å². The van der Waals surface area contributed by atoms with Crippen molar-refractivity contribution in [1.82, 2.24) is 5.32 Å². The van der Waals surface area contributed by atoms with Gasteiger partial charge < -0.3 is 14.8 Å². The van der Waals surface area contributed by atoms with Crippen LogP contribution in [-0.2, 0) is 14.3 Å². The molecule has 4 heteroatoms. The summed E-state index contributed by atoms with van der Waals surface area (Å²) in [5.41, 5.74) is 0. The van der Waals surface area contributed by atoms with Crippen molar-refractivity contribution < 1.29 is 14.3 Å². The highest BCUT2D eigenvalue weighted by Crippen LogP contribution is 2.21. The predicted molar refractivity (Wildman–Crippen MR) is 62.3 cm³/mol. The lowest BCUT2D eigenvalue weighted by Gasteiger charge is -2.27. The Kier molecular flexibility index (Phi) is 6.42. The Bertz CT molecular complexity index is 204. The molecule has 94 valence electrons. The smallest absolute Gasteiger partial charge is 0.325 e. The maximum absolute atomic E-state index is 11.6. The lowest BCUT2D eigenvalue weighted by molar-refractivity contribution is -0.148. The molecule has 1 atom stereocenters. The Labute approximate surface area is 97.7 Å². The molecular formula is C12H23NO3. The van der Waals surface area contributed by atoms with Crippen molar-refractivity contribution >= 4 is 5.97 Å². The molecule has 0 aliphatic heterocycles. The van der Waals surface area contributed by atoms with E-state index < -0.39 is 0 Å². The van der Waals surface area contributed by atoms with Crippen molar-refractivity contribution in [3.63, 3.8) is 0 Å². The SMILES string of the molecule is CCCNC(COC1CCC1)C(=O)OCC. The molecule has 1 saturated carbocycles. The van der Waals surface area contributed by atoms with E-state index >= 15 is 0 Å². The first-order valence-electron chi connectivity index (χ1n) is 6.29. The summed E-state index contributed by atoms with van der Waals surface area (Å²) in [4.78, 5) is 11.6. The van der Waals surface area contributed by atoms with Gasteiger partial charge in [0.05, 0.1) is 19.3 Å². The molecule has 16 heavy (non-hydrogen) atoms. The average molecular weight is 229 g/mol. The van der Waals surface area contributed by atoms with Crippen LogP contribution in [0.1, 0.15) is 39.5 Å². The Morgan fingerprint density at radius 1 is 1.44 bits per heavy atom. The molecule has 1 N–H and O–H groups in total. The molecule has 0 spiro atoms. The van der Waals surface area contributed by atoms with Crippen LogP contribution in [0.5, 0.6) is 0 Å². The van der Waals surface area contributed by atoms with Crippen LogP contribution in [0.2, 0.25) is 0 Å². The van der Waals surface area contributed by atoms with Crippen LogP contribution in [-0.4, -0.2) is 37.9 Å². The lowest BCUT2D eigenvalue weighted by atomic mass is 9.96. The molecule has 0 aromatic heterocycles. The maximum Gasteiger partial charge on any atom is 0.325 e. The zero-order valence-electron chi connectivity index (χ0n) is 10.3. The largest absolute Gasteiger partial charge is 0.465 e. The highest BCUT2D eigenvalue weighted by Gasteiger charge is 2.23. The van der Waals surface area contributed by atoms with E-state index in [1.807, 2.05) is 6.92 Å². The van der Waals surface area contributed by atoms with Gasteiger partial charge in [0.2, 0.25) is 0 Å². The van der Waals surface area contributed by atoms with Crippen molar-refractivity contribution in [2.24, 2.45) is 0 Å². The van der Waals surface area contributed by atoms with Gasteiger partial charge in [0.1, 0.15) is 6.04 Å². The molecule has 0 saturated heterocycles. The minimum Gasteiger partial charge on any atom is -0.465 e. The molecule has 0 radical (unpaired) electrons. The van der Waals surface area contributed by atoms with Crippen LogP contribution in [0.4, 0.5) is 0 Å². The molecule has 1 rings (SSSR count). The van der Waals surface area contributed by atoms with E-state index in [2.05, 4.69) is 12.2 Å². The monoisotopic (exact) mass is 229 g/mol. The number of hydrogen-bond donors (Lipinski definition) is 1. The standard InChI is InChI=1S/C12H23NO3/c1-3-8-13-11(12(14)15-4-2)9-16-10-6-5-7-10/h10-11,13H,3-9H2,1-2H3. The van der Waals surface area contributed by atoms with Crippen LogP contribution in [0.15, 0.2) is 0 Å². The normalized spacial score (nSPS) is 17.9. The zero-order valence-corrected chi connectivity index (χ0v) is 10.3. The topological polar surface area (TPSA) is 47.6 Å². The van der Waals surface area contributed by atoms with E-state index in [1.165, 1.54) is 6.42 Å². The molecular weight excluding hydrogens is 206 g/mol. The van der Waals surface area contributed by atoms with E-state index in [1.54, 1.807) is 0 Å². The summed E-state index contributed by atoms with van der Waals surface area (Å²) in [5, 5.41) is 3.16. The van der Waals surface area contributed by atoms with Crippen molar-refractivity contribution in [1.29, 1.82) is 0 Å². The van der Waals surface area contributed by atoms with Gasteiger partial charge in [0.25, 0.3) is 0 Å². The molecule has 0 aromatic rings. The van der Waals surface area contributed by atoms with Gasteiger partial charge in [0.15, 0.2) is 0 Å². The third-order valence-electron chi connectivity index (χ3n) is 2.76. The molecule has 1 unspecified atom stereocenters. The van der Waals surface area contributed by atoms with Gasteiger partial charge in [0, 0.05) is 0 Å². The van der Waals surface area contributed by atoms with Crippen molar-refractivity contribution in [3.05, 3.63) is 0 Å². The summed E-state index contributed by atoms with van der Waals surface area (Å²) in [6.07, 6.45) is 4.86. The van der Waals surface area contributed by atoms with Crippen LogP contribution in [0.25, 0.3) is 0 Å². The molecule has 4 nitrogen and oxygen atoms in total. The van der Waals surface area contributed by atoms with Gasteiger partial charge in [-0.25, -0.2) is 0 Å². The highest BCUT2D eigenvalue weighted by atomic mass is 16.5. The number of carbonyl (C=O) groups is 1. The zero-order chi connectivity index (χ0) is 11.8. The second-order valence-corrected chi connectivity index (χ2v) is 4.15. The van der Waals surface area contributed by atoms with Crippen LogP contribution < -0.4 is 5.32 Å². The fourth-order valence-corrected chi connectivity index (χ4v) is 1.54. The Morgan fingerprint density at radius 3 is 2.69 bits per heavy atom. The number of hydrogen-bond acceptors (Lipinski definition) is 4. The number of nitrogens with one attached hydrogen (secondary N) is 1. The first kappa shape index (κ1) is 13.5. The van der Waals surface area contributed by atoms with Crippen molar-refractivity contribution in [2.45, 2.75) is 51.7 Å². The fraction of sp³-hybridized carbons (Fsp3) is 0.917. The van der Waals surface area contributed by atoms with Crippen LogP contribution in [0.3, 0.4) is 0 Å². The van der Waals surface area contributed by atoms with Gasteiger partial charge in [-0.2, -0.15) is 0 Å². The maximum atomic E-state index is 11.6. The molecule has 0 aromatic carbocycles. The quantitative estimate of drug-likeness (QED) is 0.641. The molecule has 0 bridgehead atoms. The van der Waals surface area contributed by atoms with Gasteiger partial charge in [-0.15, -0.1) is 0 Å². The summed E-state index contributed by atoms with van der Waals surface area (Å²) in [6.45, 7) is 5.57. The van der Waals surface area contributed by atoms with Gasteiger partial charge in [-0.1, -0.05) is 6.92 Å². The van der Waals surface area contributed by atoms with E-state index in [4.69, 9.17) is 9.47 Å². The summed E-state index contributed by atoms with van der Waals surface area (Å²) in [5.74, 6) is -0.199. The van der Waals surface area contributed by atoms with Gasteiger partial charge in [-0.05, 0) is 39.2 Å². The van der Waals surface area contributed by atoms with Gasteiger partial charge >= 0.3 is 5.97 Å². The minimum atomic E-state index is -0.305. The average Bonchev–Trinajstić information content (AvgIpc) is 2.20. The molecule has 0 amide bonds. The first-order valence-corrected chi connectivity index (χ1v) is 6.29. The number of rotatable bonds is 8. The van der Waals surface area contributed by atoms with E-state index in [9.17, 15) is 4.79 Å². The second-order valence-electron chi connectivity index (χ2n) is 4.15. The molecule has 1 fully saturated rings. The summed E-state index contributed by atoms with van der Waals surface area (Å²) in [7, 11) is 0. The van der Waals surface area contributed by atoms with Gasteiger partial charge in [-0.3, -0.25) is 4.79 Å². The van der Waals surface area contributed by atoms with Crippen LogP contribution in [0, 0.1) is 0 Å². The van der Waals surface area contributed by atoms with Crippen LogP contribution >= 0.6 is 0 Å². The predicted octanol–water partition coefficient (Wildman–Crippen LogP) is 1.49.